The van der Waals surface area contributed by atoms with Crippen molar-refractivity contribution in [3.8, 4) is 0 Å². The lowest BCUT2D eigenvalue weighted by molar-refractivity contribution is -0.928. The first kappa shape index (κ1) is 9.96. The Kier molecular flexibility index (Phi) is 3.95. The van der Waals surface area contributed by atoms with Gasteiger partial charge in [-0.3, -0.25) is 0 Å². The first-order chi connectivity index (χ1) is 4.56. The predicted octanol–water partition coefficient (Wildman–Crippen LogP) is 2.27. The van der Waals surface area contributed by atoms with E-state index in [1.54, 1.807) is 0 Å². The summed E-state index contributed by atoms with van der Waals surface area (Å²) in [5.41, 5.74) is 0. The molecule has 1 heteroatoms. The van der Waals surface area contributed by atoms with Crippen LogP contribution in [-0.2, 0) is 0 Å². The second-order valence-corrected chi connectivity index (χ2v) is 3.61. The van der Waals surface area contributed by atoms with E-state index in [-0.39, 0.29) is 0 Å². The molecule has 0 aliphatic carbocycles. The highest BCUT2D eigenvalue weighted by Crippen LogP contribution is 2.09. The minimum Gasteiger partial charge on any atom is -0.324 e. The SMILES string of the molecule is CCC[N+](C)(CC)C(C)C. The van der Waals surface area contributed by atoms with Gasteiger partial charge >= 0.3 is 0 Å². The summed E-state index contributed by atoms with van der Waals surface area (Å²) in [6, 6.07) is 0.768. The van der Waals surface area contributed by atoms with Crippen molar-refractivity contribution in [2.24, 2.45) is 0 Å². The van der Waals surface area contributed by atoms with E-state index in [4.69, 9.17) is 0 Å². The molecule has 0 bridgehead atoms. The molecule has 0 aromatic heterocycles. The molecule has 0 aromatic carbocycles. The summed E-state index contributed by atoms with van der Waals surface area (Å²) < 4.78 is 1.22. The minimum atomic E-state index is 0.768. The Morgan fingerprint density at radius 1 is 1.20 bits per heavy atom. The zero-order valence-corrected chi connectivity index (χ0v) is 8.15. The Balaban J connectivity index is 3.94. The van der Waals surface area contributed by atoms with Gasteiger partial charge in [-0.2, -0.15) is 0 Å². The average Bonchev–Trinajstić information content (AvgIpc) is 1.88. The molecular formula is C9H22N+. The molecule has 0 saturated heterocycles. The van der Waals surface area contributed by atoms with Gasteiger partial charge in [0.05, 0.1) is 26.2 Å². The second kappa shape index (κ2) is 3.97. The van der Waals surface area contributed by atoms with Crippen molar-refractivity contribution in [1.82, 2.24) is 0 Å². The van der Waals surface area contributed by atoms with Crippen LogP contribution in [0, 0.1) is 0 Å². The molecule has 0 saturated carbocycles. The Morgan fingerprint density at radius 2 is 1.70 bits per heavy atom. The monoisotopic (exact) mass is 144 g/mol. The largest absolute Gasteiger partial charge is 0.324 e. The van der Waals surface area contributed by atoms with Gasteiger partial charge in [0.2, 0.25) is 0 Å². The van der Waals surface area contributed by atoms with E-state index < -0.39 is 0 Å². The third-order valence-corrected chi connectivity index (χ3v) is 2.70. The number of nitrogens with zero attached hydrogens (tertiary/aromatic N) is 1. The van der Waals surface area contributed by atoms with Crippen LogP contribution in [0.15, 0.2) is 0 Å². The smallest absolute Gasteiger partial charge is 0.0831 e. The van der Waals surface area contributed by atoms with Crippen molar-refractivity contribution >= 4 is 0 Å². The van der Waals surface area contributed by atoms with Crippen LogP contribution in [0.25, 0.3) is 0 Å². The van der Waals surface area contributed by atoms with E-state index in [1.165, 1.54) is 24.0 Å². The second-order valence-electron chi connectivity index (χ2n) is 3.61. The Morgan fingerprint density at radius 3 is 1.80 bits per heavy atom. The van der Waals surface area contributed by atoms with E-state index >= 15 is 0 Å². The van der Waals surface area contributed by atoms with Gasteiger partial charge in [-0.25, -0.2) is 0 Å². The van der Waals surface area contributed by atoms with Crippen LogP contribution in [0.1, 0.15) is 34.1 Å². The highest BCUT2D eigenvalue weighted by atomic mass is 15.3. The Hall–Kier alpha value is -0.0400. The molecule has 0 aliphatic rings. The lowest BCUT2D eigenvalue weighted by atomic mass is 10.2. The summed E-state index contributed by atoms with van der Waals surface area (Å²) >= 11 is 0. The molecule has 0 heterocycles. The molecule has 0 radical (unpaired) electrons. The zero-order valence-electron chi connectivity index (χ0n) is 8.15. The summed E-state index contributed by atoms with van der Waals surface area (Å²) in [6.07, 6.45) is 1.29. The summed E-state index contributed by atoms with van der Waals surface area (Å²) in [4.78, 5) is 0. The van der Waals surface area contributed by atoms with Crippen molar-refractivity contribution in [3.63, 3.8) is 0 Å². The maximum Gasteiger partial charge on any atom is 0.0831 e. The Bertz CT molecular complexity index is 88.7. The van der Waals surface area contributed by atoms with Crippen molar-refractivity contribution in [2.45, 2.75) is 40.2 Å². The van der Waals surface area contributed by atoms with E-state index in [2.05, 4.69) is 34.7 Å². The highest BCUT2D eigenvalue weighted by molar-refractivity contribution is 4.42. The number of hydrogen-bond acceptors (Lipinski definition) is 0. The van der Waals surface area contributed by atoms with E-state index in [0.717, 1.165) is 6.04 Å². The molecule has 1 atom stereocenters. The van der Waals surface area contributed by atoms with Crippen LogP contribution in [-0.4, -0.2) is 30.7 Å². The van der Waals surface area contributed by atoms with Crippen molar-refractivity contribution in [3.05, 3.63) is 0 Å². The van der Waals surface area contributed by atoms with Gasteiger partial charge in [-0.1, -0.05) is 6.92 Å². The van der Waals surface area contributed by atoms with Gasteiger partial charge in [-0.15, -0.1) is 0 Å². The molecule has 1 unspecified atom stereocenters. The topological polar surface area (TPSA) is 0 Å². The molecule has 0 spiro atoms. The molecule has 0 fully saturated rings. The van der Waals surface area contributed by atoms with Crippen LogP contribution in [0.5, 0.6) is 0 Å². The van der Waals surface area contributed by atoms with Gasteiger partial charge in [0.25, 0.3) is 0 Å². The highest BCUT2D eigenvalue weighted by Gasteiger charge is 2.21. The molecule has 0 rings (SSSR count). The maximum absolute atomic E-state index is 2.34. The third kappa shape index (κ3) is 2.30. The fourth-order valence-corrected chi connectivity index (χ4v) is 1.29. The van der Waals surface area contributed by atoms with Gasteiger partial charge in [0.1, 0.15) is 0 Å². The summed E-state index contributed by atoms with van der Waals surface area (Å²) in [7, 11) is 2.34. The van der Waals surface area contributed by atoms with Gasteiger partial charge in [-0.05, 0) is 27.2 Å². The zero-order chi connectivity index (χ0) is 8.20. The van der Waals surface area contributed by atoms with Crippen LogP contribution in [0.2, 0.25) is 0 Å². The number of hydrogen-bond donors (Lipinski definition) is 0. The van der Waals surface area contributed by atoms with Crippen molar-refractivity contribution in [2.75, 3.05) is 20.1 Å². The predicted molar refractivity (Wildman–Crippen MR) is 47.0 cm³/mol. The first-order valence-electron chi connectivity index (χ1n) is 4.41. The van der Waals surface area contributed by atoms with Crippen LogP contribution < -0.4 is 0 Å². The van der Waals surface area contributed by atoms with Crippen molar-refractivity contribution in [1.29, 1.82) is 0 Å². The van der Waals surface area contributed by atoms with E-state index in [1.807, 2.05) is 0 Å². The molecular weight excluding hydrogens is 122 g/mol. The fraction of sp³-hybridized carbons (Fsp3) is 1.00. The molecule has 10 heavy (non-hydrogen) atoms. The van der Waals surface area contributed by atoms with E-state index in [9.17, 15) is 0 Å². The lowest BCUT2D eigenvalue weighted by Gasteiger charge is -2.37. The lowest BCUT2D eigenvalue weighted by Crippen LogP contribution is -2.49. The van der Waals surface area contributed by atoms with Crippen LogP contribution in [0.3, 0.4) is 0 Å². The molecule has 62 valence electrons. The summed E-state index contributed by atoms with van der Waals surface area (Å²) in [6.45, 7) is 11.7. The van der Waals surface area contributed by atoms with Crippen LogP contribution in [0.4, 0.5) is 0 Å². The average molecular weight is 144 g/mol. The first-order valence-corrected chi connectivity index (χ1v) is 4.41. The van der Waals surface area contributed by atoms with E-state index in [0.29, 0.717) is 0 Å². The quantitative estimate of drug-likeness (QED) is 0.531. The van der Waals surface area contributed by atoms with Gasteiger partial charge < -0.3 is 4.48 Å². The normalized spacial score (nSPS) is 17.4. The summed E-state index contributed by atoms with van der Waals surface area (Å²) in [5, 5.41) is 0. The van der Waals surface area contributed by atoms with Gasteiger partial charge in [0, 0.05) is 0 Å². The molecule has 0 N–H and O–H groups in total. The third-order valence-electron chi connectivity index (χ3n) is 2.70. The maximum atomic E-state index is 2.34. The number of rotatable bonds is 4. The molecule has 1 nitrogen and oxygen atoms in total. The van der Waals surface area contributed by atoms with Crippen molar-refractivity contribution < 1.29 is 4.48 Å². The standard InChI is InChI=1S/C9H22N/c1-6-8-10(5,7-2)9(3)4/h9H,6-8H2,1-5H3/q+1. The fourth-order valence-electron chi connectivity index (χ4n) is 1.29. The number of quaternary nitrogens is 1. The summed E-state index contributed by atoms with van der Waals surface area (Å²) in [5.74, 6) is 0. The Labute approximate surface area is 65.6 Å². The minimum absolute atomic E-state index is 0.768. The van der Waals surface area contributed by atoms with Crippen LogP contribution >= 0.6 is 0 Å². The molecule has 0 amide bonds. The molecule has 0 aliphatic heterocycles. The molecule has 0 aromatic rings. The van der Waals surface area contributed by atoms with Gasteiger partial charge in [0.15, 0.2) is 0 Å².